The molecule has 0 saturated heterocycles. The molecule has 0 bridgehead atoms. The van der Waals surface area contributed by atoms with Crippen LogP contribution < -0.4 is 5.73 Å². The molecule has 2 heterocycles. The van der Waals surface area contributed by atoms with Crippen molar-refractivity contribution in [3.8, 4) is 22.3 Å². The number of aliphatic imine (C=N–C) groups is 1. The zero-order chi connectivity index (χ0) is 19.2. The summed E-state index contributed by atoms with van der Waals surface area (Å²) in [6, 6.07) is 5.13. The van der Waals surface area contributed by atoms with Crippen LogP contribution in [0.4, 0.5) is 8.78 Å². The number of aromatic hydroxyl groups is 1. The number of carbonyl (C=O) groups excluding carboxylic acids is 1. The summed E-state index contributed by atoms with van der Waals surface area (Å²) in [5, 5.41) is 18.8. The van der Waals surface area contributed by atoms with Gasteiger partial charge >= 0.3 is 0 Å². The largest absolute Gasteiger partial charge is 0.499 e. The maximum absolute atomic E-state index is 15.1. The number of rotatable bonds is 2. The molecule has 1 aliphatic heterocycles. The molecule has 134 valence electrons. The third-order valence-corrected chi connectivity index (χ3v) is 5.49. The summed E-state index contributed by atoms with van der Waals surface area (Å²) in [7, 11) is 1.47. The second kappa shape index (κ2) is 6.07. The van der Waals surface area contributed by atoms with E-state index in [0.717, 1.165) is 23.5 Å². The molecule has 1 atom stereocenters. The Bertz CT molecular complexity index is 995. The summed E-state index contributed by atoms with van der Waals surface area (Å²) < 4.78 is 28.7. The number of nitrogens with zero attached hydrogens (tertiary/aromatic N) is 3. The topological polar surface area (TPSA) is 103 Å². The molecule has 6 nitrogen and oxygen atoms in total. The SMILES string of the molecule is CN1C(=O)C[C@@](C)(c2sc(O)c(-c3ccc(F)c(C#N)c3)c2F)N=C1N. The van der Waals surface area contributed by atoms with Crippen molar-refractivity contribution in [3.63, 3.8) is 0 Å². The number of amides is 1. The predicted molar refractivity (Wildman–Crippen MR) is 92.4 cm³/mol. The fraction of sp³-hybridized carbons (Fsp3) is 0.235. The minimum Gasteiger partial charge on any atom is -0.499 e. The Hall–Kier alpha value is -2.99. The zero-order valence-corrected chi connectivity index (χ0v) is 14.7. The molecule has 1 aliphatic rings. The van der Waals surface area contributed by atoms with Gasteiger partial charge in [-0.2, -0.15) is 5.26 Å². The van der Waals surface area contributed by atoms with E-state index in [9.17, 15) is 14.3 Å². The molecule has 3 rings (SSSR count). The lowest BCUT2D eigenvalue weighted by Crippen LogP contribution is -2.47. The number of carbonyl (C=O) groups is 1. The van der Waals surface area contributed by atoms with Crippen LogP contribution in [0.2, 0.25) is 0 Å². The smallest absolute Gasteiger partial charge is 0.231 e. The number of nitriles is 1. The van der Waals surface area contributed by atoms with Gasteiger partial charge in [0.1, 0.15) is 17.4 Å². The molecular formula is C17H14F2N4O2S. The lowest BCUT2D eigenvalue weighted by atomic mass is 9.92. The molecular weight excluding hydrogens is 362 g/mol. The van der Waals surface area contributed by atoms with Crippen molar-refractivity contribution in [2.45, 2.75) is 18.9 Å². The molecule has 0 radical (unpaired) electrons. The highest BCUT2D eigenvalue weighted by Crippen LogP contribution is 2.48. The number of hydrogen-bond donors (Lipinski definition) is 2. The highest BCUT2D eigenvalue weighted by atomic mass is 32.1. The van der Waals surface area contributed by atoms with Gasteiger partial charge in [0.15, 0.2) is 16.8 Å². The molecule has 0 aliphatic carbocycles. The number of nitrogens with two attached hydrogens (primary N) is 1. The van der Waals surface area contributed by atoms with Crippen molar-refractivity contribution in [1.82, 2.24) is 4.90 Å². The van der Waals surface area contributed by atoms with Gasteiger partial charge in [0.25, 0.3) is 0 Å². The first kappa shape index (κ1) is 17.8. The lowest BCUT2D eigenvalue weighted by molar-refractivity contribution is -0.128. The molecule has 3 N–H and O–H groups in total. The number of hydrogen-bond acceptors (Lipinski definition) is 6. The maximum atomic E-state index is 15.1. The van der Waals surface area contributed by atoms with Gasteiger partial charge < -0.3 is 10.8 Å². The number of benzene rings is 1. The average Bonchev–Trinajstić information content (AvgIpc) is 2.89. The monoisotopic (exact) mass is 376 g/mol. The van der Waals surface area contributed by atoms with Crippen LogP contribution in [0, 0.1) is 23.0 Å². The summed E-state index contributed by atoms with van der Waals surface area (Å²) in [5.74, 6) is -1.90. The summed E-state index contributed by atoms with van der Waals surface area (Å²) >= 11 is 0.735. The Morgan fingerprint density at radius 2 is 2.15 bits per heavy atom. The third kappa shape index (κ3) is 2.68. The van der Waals surface area contributed by atoms with Gasteiger partial charge in [0.2, 0.25) is 5.91 Å². The van der Waals surface area contributed by atoms with E-state index in [0.29, 0.717) is 0 Å². The van der Waals surface area contributed by atoms with Gasteiger partial charge in [-0.1, -0.05) is 17.4 Å². The molecule has 0 unspecified atom stereocenters. The van der Waals surface area contributed by atoms with Gasteiger partial charge in [-0.3, -0.25) is 9.69 Å². The second-order valence-corrected chi connectivity index (χ2v) is 7.10. The molecule has 0 spiro atoms. The number of guanidine groups is 1. The maximum Gasteiger partial charge on any atom is 0.231 e. The molecule has 9 heteroatoms. The van der Waals surface area contributed by atoms with Gasteiger partial charge in [0, 0.05) is 7.05 Å². The Kier molecular flexibility index (Phi) is 4.16. The van der Waals surface area contributed by atoms with E-state index in [1.165, 1.54) is 18.0 Å². The van der Waals surface area contributed by atoms with Crippen LogP contribution in [-0.4, -0.2) is 28.9 Å². The van der Waals surface area contributed by atoms with Gasteiger partial charge in [-0.15, -0.1) is 0 Å². The number of halogens is 2. The predicted octanol–water partition coefficient (Wildman–Crippen LogP) is 2.66. The number of thiophene rings is 1. The molecule has 1 amide bonds. The van der Waals surface area contributed by atoms with Crippen LogP contribution in [0.25, 0.3) is 11.1 Å². The fourth-order valence-electron chi connectivity index (χ4n) is 2.80. The summed E-state index contributed by atoms with van der Waals surface area (Å²) in [6.45, 7) is 1.55. The van der Waals surface area contributed by atoms with Crippen molar-refractivity contribution in [3.05, 3.63) is 40.3 Å². The van der Waals surface area contributed by atoms with Crippen LogP contribution in [0.3, 0.4) is 0 Å². The van der Waals surface area contributed by atoms with Crippen molar-refractivity contribution in [2.75, 3.05) is 7.05 Å². The summed E-state index contributed by atoms with van der Waals surface area (Å²) in [6.07, 6.45) is -0.118. The minimum absolute atomic E-state index is 0.0391. The average molecular weight is 376 g/mol. The standard InChI is InChI=1S/C17H14F2N4O2S/c1-17(6-11(24)23(2)16(21)22-17)14-13(19)12(15(25)26-14)8-3-4-10(18)9(5-8)7-20/h3-5,25H,6H2,1-2H3,(H2,21,22)/t17-/m0/s1. The Morgan fingerprint density at radius 1 is 1.46 bits per heavy atom. The highest BCUT2D eigenvalue weighted by Gasteiger charge is 2.41. The van der Waals surface area contributed by atoms with E-state index >= 15 is 4.39 Å². The summed E-state index contributed by atoms with van der Waals surface area (Å²) in [4.78, 5) is 17.5. The van der Waals surface area contributed by atoms with Gasteiger partial charge in [-0.25, -0.2) is 13.8 Å². The van der Waals surface area contributed by atoms with Crippen LogP contribution in [0.1, 0.15) is 23.8 Å². The third-order valence-electron chi connectivity index (χ3n) is 4.27. The van der Waals surface area contributed by atoms with E-state index in [-0.39, 0.29) is 44.9 Å². The Morgan fingerprint density at radius 3 is 2.77 bits per heavy atom. The first-order valence-electron chi connectivity index (χ1n) is 7.51. The van der Waals surface area contributed by atoms with Crippen molar-refractivity contribution in [1.29, 1.82) is 5.26 Å². The Labute approximate surface area is 151 Å². The van der Waals surface area contributed by atoms with E-state index in [4.69, 9.17) is 11.0 Å². The molecule has 0 fully saturated rings. The molecule has 2 aromatic rings. The van der Waals surface area contributed by atoms with Crippen molar-refractivity contribution >= 4 is 23.2 Å². The zero-order valence-electron chi connectivity index (χ0n) is 13.9. The first-order chi connectivity index (χ1) is 12.2. The van der Waals surface area contributed by atoms with Crippen molar-refractivity contribution < 1.29 is 18.7 Å². The molecule has 1 aromatic heterocycles. The van der Waals surface area contributed by atoms with Crippen LogP contribution in [0.15, 0.2) is 23.2 Å². The highest BCUT2D eigenvalue weighted by molar-refractivity contribution is 7.14. The molecule has 0 saturated carbocycles. The normalized spacial score (nSPS) is 20.0. The first-order valence-corrected chi connectivity index (χ1v) is 8.33. The Balaban J connectivity index is 2.16. The lowest BCUT2D eigenvalue weighted by Gasteiger charge is -2.32. The van der Waals surface area contributed by atoms with E-state index < -0.39 is 17.2 Å². The van der Waals surface area contributed by atoms with E-state index in [1.54, 1.807) is 13.0 Å². The van der Waals surface area contributed by atoms with Crippen LogP contribution in [0.5, 0.6) is 5.06 Å². The molecule has 26 heavy (non-hydrogen) atoms. The quantitative estimate of drug-likeness (QED) is 0.841. The molecule has 1 aromatic carbocycles. The van der Waals surface area contributed by atoms with Gasteiger partial charge in [-0.05, 0) is 24.6 Å². The van der Waals surface area contributed by atoms with Crippen LogP contribution >= 0.6 is 11.3 Å². The van der Waals surface area contributed by atoms with Gasteiger partial charge in [0.05, 0.1) is 22.4 Å². The van der Waals surface area contributed by atoms with Crippen LogP contribution in [-0.2, 0) is 10.3 Å². The van der Waals surface area contributed by atoms with E-state index in [2.05, 4.69) is 4.99 Å². The van der Waals surface area contributed by atoms with E-state index in [1.807, 2.05) is 0 Å². The fourth-order valence-corrected chi connectivity index (χ4v) is 3.83. The summed E-state index contributed by atoms with van der Waals surface area (Å²) in [5.41, 5.74) is 4.19. The van der Waals surface area contributed by atoms with Crippen molar-refractivity contribution in [2.24, 2.45) is 10.7 Å². The second-order valence-electron chi connectivity index (χ2n) is 6.11. The minimum atomic E-state index is -1.27.